The van der Waals surface area contributed by atoms with Crippen LogP contribution < -0.4 is 9.47 Å². The normalized spacial score (nSPS) is 13.9. The molecule has 28 heavy (non-hydrogen) atoms. The summed E-state index contributed by atoms with van der Waals surface area (Å²) in [6, 6.07) is 21.0. The Labute approximate surface area is 167 Å². The number of halogens is 1. The summed E-state index contributed by atoms with van der Waals surface area (Å²) in [7, 11) is 0. The average molecular weight is 391 g/mol. The molecule has 4 rings (SSSR count). The first-order valence-corrected chi connectivity index (χ1v) is 9.03. The zero-order valence-electron chi connectivity index (χ0n) is 14.7. The van der Waals surface area contributed by atoms with Crippen LogP contribution in [0.5, 0.6) is 11.5 Å². The van der Waals surface area contributed by atoms with E-state index < -0.39 is 0 Å². The molecule has 0 bridgehead atoms. The molecule has 3 aromatic carbocycles. The van der Waals surface area contributed by atoms with E-state index in [4.69, 9.17) is 21.1 Å². The Kier molecular flexibility index (Phi) is 4.96. The summed E-state index contributed by atoms with van der Waals surface area (Å²) in [6.45, 7) is -0.0930. The Morgan fingerprint density at radius 3 is 2.50 bits per heavy atom. The van der Waals surface area contributed by atoms with Gasteiger partial charge < -0.3 is 9.47 Å². The summed E-state index contributed by atoms with van der Waals surface area (Å²) >= 11 is 5.88. The third-order valence-corrected chi connectivity index (χ3v) is 4.53. The maximum atomic E-state index is 12.5. The Hall–Kier alpha value is -3.37. The fraction of sp³-hybridized carbons (Fsp3) is 0.0435. The highest BCUT2D eigenvalue weighted by atomic mass is 35.5. The highest BCUT2D eigenvalue weighted by Gasteiger charge is 2.27. The van der Waals surface area contributed by atoms with Crippen LogP contribution >= 0.6 is 11.6 Å². The Morgan fingerprint density at radius 1 is 1.00 bits per heavy atom. The summed E-state index contributed by atoms with van der Waals surface area (Å²) in [5.41, 5.74) is 1.86. The van der Waals surface area contributed by atoms with E-state index >= 15 is 0 Å². The van der Waals surface area contributed by atoms with Gasteiger partial charge in [0.15, 0.2) is 18.1 Å². The average Bonchev–Trinajstić information content (AvgIpc) is 3.03. The van der Waals surface area contributed by atoms with Gasteiger partial charge in [0.2, 0.25) is 5.78 Å². The zero-order chi connectivity index (χ0) is 19.5. The molecule has 0 spiro atoms. The van der Waals surface area contributed by atoms with E-state index in [2.05, 4.69) is 0 Å². The van der Waals surface area contributed by atoms with Gasteiger partial charge in [-0.1, -0.05) is 54.1 Å². The summed E-state index contributed by atoms with van der Waals surface area (Å²) < 4.78 is 11.3. The minimum atomic E-state index is -0.197. The first-order valence-electron chi connectivity index (χ1n) is 8.65. The summed E-state index contributed by atoms with van der Waals surface area (Å²) in [5.74, 6) is 0.784. The summed E-state index contributed by atoms with van der Waals surface area (Å²) in [5, 5.41) is 0.621. The summed E-state index contributed by atoms with van der Waals surface area (Å²) in [6.07, 6.45) is 1.66. The lowest BCUT2D eigenvalue weighted by molar-refractivity contribution is 0.0921. The van der Waals surface area contributed by atoms with Gasteiger partial charge in [0, 0.05) is 16.7 Å². The van der Waals surface area contributed by atoms with Crippen LogP contribution in [-0.4, -0.2) is 18.2 Å². The molecular weight excluding hydrogens is 376 g/mol. The number of hydrogen-bond donors (Lipinski definition) is 0. The van der Waals surface area contributed by atoms with E-state index in [1.165, 1.54) is 0 Å². The van der Waals surface area contributed by atoms with Gasteiger partial charge in [-0.3, -0.25) is 9.59 Å². The van der Waals surface area contributed by atoms with Crippen molar-refractivity contribution in [1.82, 2.24) is 0 Å². The second-order valence-electron chi connectivity index (χ2n) is 6.23. The third kappa shape index (κ3) is 3.82. The molecule has 0 saturated carbocycles. The SMILES string of the molecule is O=C(COc1ccc2c(c1)O/C(=C\c1ccc(Cl)cc1)C2=O)c1ccccc1. The molecule has 0 radical (unpaired) electrons. The zero-order valence-corrected chi connectivity index (χ0v) is 15.5. The molecule has 0 saturated heterocycles. The fourth-order valence-corrected chi connectivity index (χ4v) is 2.95. The first kappa shape index (κ1) is 18.0. The van der Waals surface area contributed by atoms with E-state index in [1.54, 1.807) is 72.8 Å². The van der Waals surface area contributed by atoms with Crippen molar-refractivity contribution in [2.75, 3.05) is 6.61 Å². The molecule has 138 valence electrons. The largest absolute Gasteiger partial charge is 0.485 e. The molecule has 5 heteroatoms. The second kappa shape index (κ2) is 7.71. The van der Waals surface area contributed by atoms with Crippen LogP contribution in [0, 0.1) is 0 Å². The molecule has 1 aliphatic heterocycles. The van der Waals surface area contributed by atoms with E-state index in [-0.39, 0.29) is 23.9 Å². The summed E-state index contributed by atoms with van der Waals surface area (Å²) in [4.78, 5) is 24.7. The van der Waals surface area contributed by atoms with Gasteiger partial charge in [-0.05, 0) is 35.9 Å². The minimum Gasteiger partial charge on any atom is -0.485 e. The number of ketones is 2. The number of benzene rings is 3. The number of ether oxygens (including phenoxy) is 2. The Morgan fingerprint density at radius 2 is 1.75 bits per heavy atom. The molecule has 0 aromatic heterocycles. The Bertz CT molecular complexity index is 1070. The fourth-order valence-electron chi connectivity index (χ4n) is 2.82. The predicted molar refractivity (Wildman–Crippen MR) is 107 cm³/mol. The first-order chi connectivity index (χ1) is 13.6. The second-order valence-corrected chi connectivity index (χ2v) is 6.66. The molecule has 0 aliphatic carbocycles. The lowest BCUT2D eigenvalue weighted by atomic mass is 10.1. The van der Waals surface area contributed by atoms with Crippen molar-refractivity contribution < 1.29 is 19.1 Å². The standard InChI is InChI=1S/C23H15ClO4/c24-17-8-6-15(7-9-17)12-22-23(26)19-11-10-18(13-21(19)28-22)27-14-20(25)16-4-2-1-3-5-16/h1-13H,14H2/b22-12-. The number of fused-ring (bicyclic) bond motifs is 1. The number of hydrogen-bond acceptors (Lipinski definition) is 4. The smallest absolute Gasteiger partial charge is 0.231 e. The van der Waals surface area contributed by atoms with Crippen molar-refractivity contribution in [3.63, 3.8) is 0 Å². The quantitative estimate of drug-likeness (QED) is 0.443. The number of carbonyl (C=O) groups is 2. The van der Waals surface area contributed by atoms with E-state index in [0.717, 1.165) is 5.56 Å². The van der Waals surface area contributed by atoms with Gasteiger partial charge in [0.05, 0.1) is 5.56 Å². The van der Waals surface area contributed by atoms with Gasteiger partial charge in [-0.15, -0.1) is 0 Å². The molecule has 0 fully saturated rings. The van der Waals surface area contributed by atoms with Crippen molar-refractivity contribution in [2.24, 2.45) is 0 Å². The lowest BCUT2D eigenvalue weighted by Crippen LogP contribution is -2.11. The van der Waals surface area contributed by atoms with Crippen LogP contribution in [0.4, 0.5) is 0 Å². The van der Waals surface area contributed by atoms with Gasteiger partial charge in [-0.25, -0.2) is 0 Å². The predicted octanol–water partition coefficient (Wildman–Crippen LogP) is 5.22. The molecule has 0 atom stereocenters. The number of Topliss-reactive ketones (excluding diaryl/α,β-unsaturated/α-hetero) is 2. The van der Waals surface area contributed by atoms with Crippen molar-refractivity contribution >= 4 is 29.2 Å². The van der Waals surface area contributed by atoms with Crippen molar-refractivity contribution in [1.29, 1.82) is 0 Å². The van der Waals surface area contributed by atoms with Crippen LogP contribution in [0.25, 0.3) is 6.08 Å². The molecular formula is C23H15ClO4. The van der Waals surface area contributed by atoms with Gasteiger partial charge >= 0.3 is 0 Å². The molecule has 0 N–H and O–H groups in total. The van der Waals surface area contributed by atoms with Crippen LogP contribution in [-0.2, 0) is 0 Å². The van der Waals surface area contributed by atoms with E-state index in [1.807, 2.05) is 6.07 Å². The highest BCUT2D eigenvalue weighted by molar-refractivity contribution is 6.30. The van der Waals surface area contributed by atoms with Crippen molar-refractivity contribution in [3.05, 3.63) is 100 Å². The van der Waals surface area contributed by atoms with Gasteiger partial charge in [-0.2, -0.15) is 0 Å². The molecule has 1 heterocycles. The monoisotopic (exact) mass is 390 g/mol. The van der Waals surface area contributed by atoms with Crippen LogP contribution in [0.15, 0.2) is 78.6 Å². The highest BCUT2D eigenvalue weighted by Crippen LogP contribution is 2.35. The van der Waals surface area contributed by atoms with Gasteiger partial charge in [0.25, 0.3) is 0 Å². The van der Waals surface area contributed by atoms with E-state index in [0.29, 0.717) is 27.6 Å². The molecule has 1 aliphatic rings. The Balaban J connectivity index is 1.48. The topological polar surface area (TPSA) is 52.6 Å². The molecule has 4 nitrogen and oxygen atoms in total. The molecule has 0 amide bonds. The minimum absolute atomic E-state index is 0.0930. The lowest BCUT2D eigenvalue weighted by Gasteiger charge is -2.06. The maximum absolute atomic E-state index is 12.5. The third-order valence-electron chi connectivity index (χ3n) is 4.27. The van der Waals surface area contributed by atoms with Crippen LogP contribution in [0.3, 0.4) is 0 Å². The van der Waals surface area contributed by atoms with Crippen molar-refractivity contribution in [3.8, 4) is 11.5 Å². The molecule has 0 unspecified atom stereocenters. The number of allylic oxidation sites excluding steroid dienone is 1. The van der Waals surface area contributed by atoms with E-state index in [9.17, 15) is 9.59 Å². The van der Waals surface area contributed by atoms with Gasteiger partial charge in [0.1, 0.15) is 11.5 Å². The number of carbonyl (C=O) groups excluding carboxylic acids is 2. The van der Waals surface area contributed by atoms with Crippen LogP contribution in [0.2, 0.25) is 5.02 Å². The van der Waals surface area contributed by atoms with Crippen molar-refractivity contribution in [2.45, 2.75) is 0 Å². The number of rotatable bonds is 5. The molecule has 3 aromatic rings. The van der Waals surface area contributed by atoms with Crippen LogP contribution in [0.1, 0.15) is 26.3 Å². The maximum Gasteiger partial charge on any atom is 0.231 e.